The SMILES string of the molecule is CCCCCCCC/C=C\CCCCCCCCOCC(C)COP(C)O. The van der Waals surface area contributed by atoms with E-state index in [1.165, 1.54) is 83.5 Å². The summed E-state index contributed by atoms with van der Waals surface area (Å²) in [7, 11) is -1.23. The van der Waals surface area contributed by atoms with Gasteiger partial charge in [0.15, 0.2) is 8.38 Å². The molecule has 1 N–H and O–H groups in total. The molecule has 162 valence electrons. The largest absolute Gasteiger partial charge is 0.381 e. The molecule has 0 aliphatic heterocycles. The average molecular weight is 403 g/mol. The van der Waals surface area contributed by atoms with Crippen molar-refractivity contribution in [1.82, 2.24) is 0 Å². The van der Waals surface area contributed by atoms with Gasteiger partial charge in [0.2, 0.25) is 0 Å². The molecule has 0 aromatic carbocycles. The highest BCUT2D eigenvalue weighted by Gasteiger charge is 2.04. The van der Waals surface area contributed by atoms with Gasteiger partial charge >= 0.3 is 0 Å². The lowest BCUT2D eigenvalue weighted by molar-refractivity contribution is 0.0828. The van der Waals surface area contributed by atoms with Crippen molar-refractivity contribution in [1.29, 1.82) is 0 Å². The van der Waals surface area contributed by atoms with Crippen LogP contribution in [0, 0.1) is 5.92 Å². The van der Waals surface area contributed by atoms with Gasteiger partial charge in [0.05, 0.1) is 13.2 Å². The van der Waals surface area contributed by atoms with Crippen LogP contribution in [-0.2, 0) is 9.26 Å². The Bertz CT molecular complexity index is 308. The van der Waals surface area contributed by atoms with Gasteiger partial charge in [-0.15, -0.1) is 0 Å². The molecule has 27 heavy (non-hydrogen) atoms. The Hall–Kier alpha value is 0.0500. The van der Waals surface area contributed by atoms with Crippen LogP contribution in [0.2, 0.25) is 0 Å². The molecular formula is C23H47O3P. The number of rotatable bonds is 21. The summed E-state index contributed by atoms with van der Waals surface area (Å²) >= 11 is 0. The maximum Gasteiger partial charge on any atom is 0.164 e. The van der Waals surface area contributed by atoms with Gasteiger partial charge in [-0.2, -0.15) is 0 Å². The number of hydrogen-bond acceptors (Lipinski definition) is 3. The van der Waals surface area contributed by atoms with E-state index in [1.54, 1.807) is 6.66 Å². The third-order valence-electron chi connectivity index (χ3n) is 4.75. The molecule has 2 atom stereocenters. The van der Waals surface area contributed by atoms with Crippen LogP contribution >= 0.6 is 8.38 Å². The van der Waals surface area contributed by atoms with Crippen molar-refractivity contribution in [3.05, 3.63) is 12.2 Å². The molecule has 0 aliphatic rings. The summed E-state index contributed by atoms with van der Waals surface area (Å²) in [5.41, 5.74) is 0. The van der Waals surface area contributed by atoms with E-state index in [0.29, 0.717) is 12.5 Å². The molecular weight excluding hydrogens is 355 g/mol. The van der Waals surface area contributed by atoms with Crippen LogP contribution in [0.3, 0.4) is 0 Å². The lowest BCUT2D eigenvalue weighted by Gasteiger charge is -2.13. The molecule has 0 rings (SSSR count). The molecule has 0 heterocycles. The smallest absolute Gasteiger partial charge is 0.164 e. The molecule has 0 aliphatic carbocycles. The van der Waals surface area contributed by atoms with Crippen molar-refractivity contribution in [2.45, 2.75) is 104 Å². The van der Waals surface area contributed by atoms with E-state index in [0.717, 1.165) is 19.6 Å². The summed E-state index contributed by atoms with van der Waals surface area (Å²) in [4.78, 5) is 9.13. The van der Waals surface area contributed by atoms with Gasteiger partial charge < -0.3 is 14.2 Å². The van der Waals surface area contributed by atoms with Crippen LogP contribution in [0.15, 0.2) is 12.2 Å². The van der Waals surface area contributed by atoms with Crippen molar-refractivity contribution in [3.8, 4) is 0 Å². The lowest BCUT2D eigenvalue weighted by atomic mass is 10.1. The zero-order chi connectivity index (χ0) is 20.0. The van der Waals surface area contributed by atoms with E-state index in [-0.39, 0.29) is 0 Å². The highest BCUT2D eigenvalue weighted by Crippen LogP contribution is 2.25. The Morgan fingerprint density at radius 3 is 1.85 bits per heavy atom. The van der Waals surface area contributed by atoms with Gasteiger partial charge in [-0.1, -0.05) is 83.8 Å². The van der Waals surface area contributed by atoms with E-state index in [9.17, 15) is 0 Å². The molecule has 0 bridgehead atoms. The first-order chi connectivity index (χ1) is 13.2. The minimum Gasteiger partial charge on any atom is -0.381 e. The van der Waals surface area contributed by atoms with E-state index in [4.69, 9.17) is 14.2 Å². The van der Waals surface area contributed by atoms with Gasteiger partial charge in [-0.05, 0) is 32.1 Å². The van der Waals surface area contributed by atoms with Crippen LogP contribution in [0.4, 0.5) is 0 Å². The predicted octanol–water partition coefficient (Wildman–Crippen LogP) is 7.63. The van der Waals surface area contributed by atoms with Crippen molar-refractivity contribution in [3.63, 3.8) is 0 Å². The summed E-state index contributed by atoms with van der Waals surface area (Å²) in [6.45, 7) is 8.25. The van der Waals surface area contributed by atoms with Crippen LogP contribution in [0.1, 0.15) is 104 Å². The fraction of sp³-hybridized carbons (Fsp3) is 0.913. The van der Waals surface area contributed by atoms with Crippen LogP contribution in [-0.4, -0.2) is 31.4 Å². The van der Waals surface area contributed by atoms with E-state index in [1.807, 2.05) is 0 Å². The lowest BCUT2D eigenvalue weighted by Crippen LogP contribution is -2.12. The minimum absolute atomic E-state index is 0.358. The first-order valence-electron chi connectivity index (χ1n) is 11.4. The molecule has 3 nitrogen and oxygen atoms in total. The topological polar surface area (TPSA) is 38.7 Å². The van der Waals surface area contributed by atoms with E-state index >= 15 is 0 Å². The molecule has 2 unspecified atom stereocenters. The summed E-state index contributed by atoms with van der Waals surface area (Å²) in [6, 6.07) is 0. The summed E-state index contributed by atoms with van der Waals surface area (Å²) < 4.78 is 10.9. The fourth-order valence-electron chi connectivity index (χ4n) is 3.02. The first-order valence-corrected chi connectivity index (χ1v) is 13.1. The average Bonchev–Trinajstić information content (AvgIpc) is 2.65. The zero-order valence-corrected chi connectivity index (χ0v) is 19.4. The van der Waals surface area contributed by atoms with Crippen molar-refractivity contribution < 1.29 is 14.2 Å². The number of ether oxygens (including phenoxy) is 1. The Kier molecular flexibility index (Phi) is 22.4. The Morgan fingerprint density at radius 1 is 0.778 bits per heavy atom. The predicted molar refractivity (Wildman–Crippen MR) is 120 cm³/mol. The van der Waals surface area contributed by atoms with Gasteiger partial charge in [-0.3, -0.25) is 0 Å². The number of unbranched alkanes of at least 4 members (excludes halogenated alkanes) is 12. The molecule has 0 amide bonds. The molecule has 4 heteroatoms. The van der Waals surface area contributed by atoms with Gasteiger partial charge in [-0.25, -0.2) is 0 Å². The first kappa shape index (κ1) is 27.0. The Labute approximate surface area is 171 Å². The molecule has 0 radical (unpaired) electrons. The van der Waals surface area contributed by atoms with Gasteiger partial charge in [0.1, 0.15) is 0 Å². The van der Waals surface area contributed by atoms with Crippen LogP contribution in [0.25, 0.3) is 0 Å². The molecule has 0 fully saturated rings. The Balaban J connectivity index is 3.15. The zero-order valence-electron chi connectivity index (χ0n) is 18.5. The molecule has 0 aromatic heterocycles. The highest BCUT2D eigenvalue weighted by atomic mass is 31.2. The summed E-state index contributed by atoms with van der Waals surface area (Å²) in [5.74, 6) is 0.358. The number of hydrogen-bond donors (Lipinski definition) is 1. The second kappa shape index (κ2) is 22.3. The normalized spacial score (nSPS) is 14.1. The molecule has 0 spiro atoms. The third kappa shape index (κ3) is 24.0. The molecule has 0 saturated carbocycles. The maximum absolute atomic E-state index is 9.13. The quantitative estimate of drug-likeness (QED) is 0.122. The van der Waals surface area contributed by atoms with Crippen LogP contribution in [0.5, 0.6) is 0 Å². The third-order valence-corrected chi connectivity index (χ3v) is 5.27. The van der Waals surface area contributed by atoms with E-state index < -0.39 is 8.38 Å². The fourth-order valence-corrected chi connectivity index (χ4v) is 3.49. The second-order valence-corrected chi connectivity index (χ2v) is 9.06. The van der Waals surface area contributed by atoms with Gasteiger partial charge in [0, 0.05) is 19.2 Å². The summed E-state index contributed by atoms with van der Waals surface area (Å²) in [6.07, 6.45) is 23.5. The second-order valence-electron chi connectivity index (χ2n) is 7.88. The van der Waals surface area contributed by atoms with E-state index in [2.05, 4.69) is 26.0 Å². The minimum atomic E-state index is -1.23. The maximum atomic E-state index is 9.13. The van der Waals surface area contributed by atoms with Crippen molar-refractivity contribution in [2.24, 2.45) is 5.92 Å². The Morgan fingerprint density at radius 2 is 1.30 bits per heavy atom. The monoisotopic (exact) mass is 402 g/mol. The number of allylic oxidation sites excluding steroid dienone is 2. The van der Waals surface area contributed by atoms with Crippen molar-refractivity contribution in [2.75, 3.05) is 26.5 Å². The van der Waals surface area contributed by atoms with Crippen LogP contribution < -0.4 is 0 Å². The highest BCUT2D eigenvalue weighted by molar-refractivity contribution is 7.45. The van der Waals surface area contributed by atoms with Gasteiger partial charge in [0.25, 0.3) is 0 Å². The molecule has 0 saturated heterocycles. The summed E-state index contributed by atoms with van der Waals surface area (Å²) in [5, 5.41) is 0. The standard InChI is InChI=1S/C23H47O3P/c1-4-5-6-7-8-9-10-11-12-13-14-15-16-17-18-19-20-25-21-23(2)22-26-27(3)24/h11-12,23-24H,4-10,13-22H2,1-3H3/b12-11-. The molecule has 0 aromatic rings. The van der Waals surface area contributed by atoms with Crippen molar-refractivity contribution >= 4 is 8.38 Å².